The average Bonchev–Trinajstić information content (AvgIpc) is 3.28. The summed E-state index contributed by atoms with van der Waals surface area (Å²) in [5, 5.41) is 16.1. The predicted octanol–water partition coefficient (Wildman–Crippen LogP) is 4.17. The number of anilines is 2. The first-order chi connectivity index (χ1) is 15.8. The van der Waals surface area contributed by atoms with E-state index in [0.717, 1.165) is 0 Å². The fourth-order valence-electron chi connectivity index (χ4n) is 3.72. The molecular formula is C23H19F2N5O3. The zero-order valence-corrected chi connectivity index (χ0v) is 17.8. The first-order valence-electron chi connectivity index (χ1n) is 10.0. The SMILES string of the molecule is COc1ccc(NC(=O)c2cnn3c2C(=O)N(c2ccc(C(F)F)cc2)CC3C)cc1C#N. The zero-order valence-electron chi connectivity index (χ0n) is 17.8. The average molecular weight is 451 g/mol. The fourth-order valence-corrected chi connectivity index (χ4v) is 3.72. The fraction of sp³-hybridized carbons (Fsp3) is 0.217. The summed E-state index contributed by atoms with van der Waals surface area (Å²) in [5.74, 6) is -0.662. The second kappa shape index (κ2) is 8.70. The second-order valence-corrected chi connectivity index (χ2v) is 7.49. The Hall–Kier alpha value is -4.26. The molecule has 8 nitrogen and oxygen atoms in total. The lowest BCUT2D eigenvalue weighted by atomic mass is 10.1. The summed E-state index contributed by atoms with van der Waals surface area (Å²) in [7, 11) is 1.44. The van der Waals surface area contributed by atoms with Gasteiger partial charge in [-0.1, -0.05) is 12.1 Å². The summed E-state index contributed by atoms with van der Waals surface area (Å²) >= 11 is 0. The summed E-state index contributed by atoms with van der Waals surface area (Å²) in [6.07, 6.45) is -1.29. The maximum atomic E-state index is 13.3. The van der Waals surface area contributed by atoms with Gasteiger partial charge in [0.2, 0.25) is 0 Å². The molecule has 0 radical (unpaired) electrons. The highest BCUT2D eigenvalue weighted by atomic mass is 19.3. The lowest BCUT2D eigenvalue weighted by molar-refractivity contribution is 0.0939. The Morgan fingerprint density at radius 2 is 2.00 bits per heavy atom. The topological polar surface area (TPSA) is 100 Å². The van der Waals surface area contributed by atoms with Crippen molar-refractivity contribution < 1.29 is 23.1 Å². The lowest BCUT2D eigenvalue weighted by Gasteiger charge is -2.32. The van der Waals surface area contributed by atoms with E-state index in [4.69, 9.17) is 4.74 Å². The van der Waals surface area contributed by atoms with Crippen molar-refractivity contribution in [2.75, 3.05) is 23.9 Å². The number of halogens is 2. The zero-order chi connectivity index (χ0) is 23.7. The number of nitrogens with zero attached hydrogens (tertiary/aromatic N) is 4. The van der Waals surface area contributed by atoms with Crippen LogP contribution in [-0.2, 0) is 0 Å². The molecule has 0 fully saturated rings. The number of benzene rings is 2. The highest BCUT2D eigenvalue weighted by Crippen LogP contribution is 2.30. The molecule has 4 rings (SSSR count). The van der Waals surface area contributed by atoms with Crippen molar-refractivity contribution in [2.24, 2.45) is 0 Å². The number of rotatable bonds is 5. The Morgan fingerprint density at radius 1 is 1.27 bits per heavy atom. The van der Waals surface area contributed by atoms with Gasteiger partial charge in [0, 0.05) is 23.5 Å². The van der Waals surface area contributed by atoms with E-state index in [-0.39, 0.29) is 35.0 Å². The van der Waals surface area contributed by atoms with Gasteiger partial charge in [0.15, 0.2) is 0 Å². The summed E-state index contributed by atoms with van der Waals surface area (Å²) in [6.45, 7) is 2.11. The Morgan fingerprint density at radius 3 is 2.64 bits per heavy atom. The number of amides is 2. The largest absolute Gasteiger partial charge is 0.495 e. The van der Waals surface area contributed by atoms with Crippen LogP contribution in [0.5, 0.6) is 5.75 Å². The normalized spacial score (nSPS) is 15.2. The molecule has 0 saturated heterocycles. The van der Waals surface area contributed by atoms with Gasteiger partial charge in [0.1, 0.15) is 17.5 Å². The standard InChI is InChI=1S/C23H19F2N5O3/c1-13-12-29(17-6-3-14(4-7-17)21(24)25)23(32)20-18(11-27-30(13)20)22(31)28-16-5-8-19(33-2)15(9-16)10-26/h3-9,11,13,21H,12H2,1-2H3,(H,28,31). The Labute approximate surface area is 188 Å². The van der Waals surface area contributed by atoms with Crippen LogP contribution < -0.4 is 15.0 Å². The van der Waals surface area contributed by atoms with Crippen molar-refractivity contribution >= 4 is 23.2 Å². The van der Waals surface area contributed by atoms with E-state index in [9.17, 15) is 23.6 Å². The molecule has 0 saturated carbocycles. The molecule has 1 aromatic heterocycles. The third kappa shape index (κ3) is 4.01. The first kappa shape index (κ1) is 22.0. The molecule has 0 bridgehead atoms. The van der Waals surface area contributed by atoms with E-state index < -0.39 is 18.2 Å². The molecule has 3 aromatic rings. The van der Waals surface area contributed by atoms with Gasteiger partial charge in [0.05, 0.1) is 30.5 Å². The van der Waals surface area contributed by atoms with Gasteiger partial charge in [-0.15, -0.1) is 0 Å². The summed E-state index contributed by atoms with van der Waals surface area (Å²) in [4.78, 5) is 27.7. The van der Waals surface area contributed by atoms with Crippen molar-refractivity contribution in [3.8, 4) is 11.8 Å². The molecule has 2 amide bonds. The number of alkyl halides is 2. The predicted molar refractivity (Wildman–Crippen MR) is 116 cm³/mol. The summed E-state index contributed by atoms with van der Waals surface area (Å²) < 4.78 is 32.4. The number of hydrogen-bond donors (Lipinski definition) is 1. The molecule has 1 aliphatic rings. The first-order valence-corrected chi connectivity index (χ1v) is 10.0. The van der Waals surface area contributed by atoms with E-state index in [0.29, 0.717) is 17.1 Å². The maximum absolute atomic E-state index is 13.3. The van der Waals surface area contributed by atoms with Crippen molar-refractivity contribution in [3.63, 3.8) is 0 Å². The molecule has 1 aliphatic heterocycles. The van der Waals surface area contributed by atoms with Crippen LogP contribution in [-0.4, -0.2) is 35.2 Å². The van der Waals surface area contributed by atoms with Crippen LogP contribution in [0.3, 0.4) is 0 Å². The minimum atomic E-state index is -2.61. The number of carbonyl (C=O) groups excluding carboxylic acids is 2. The molecule has 1 atom stereocenters. The molecule has 2 heterocycles. The number of carbonyl (C=O) groups is 2. The van der Waals surface area contributed by atoms with Gasteiger partial charge < -0.3 is 15.0 Å². The van der Waals surface area contributed by atoms with E-state index in [2.05, 4.69) is 10.4 Å². The number of aromatic nitrogens is 2. The number of nitriles is 1. The molecule has 1 unspecified atom stereocenters. The smallest absolute Gasteiger partial charge is 0.277 e. The minimum absolute atomic E-state index is 0.0649. The van der Waals surface area contributed by atoms with Gasteiger partial charge >= 0.3 is 0 Å². The second-order valence-electron chi connectivity index (χ2n) is 7.49. The van der Waals surface area contributed by atoms with Crippen LogP contribution in [0.2, 0.25) is 0 Å². The molecule has 2 aromatic carbocycles. The van der Waals surface area contributed by atoms with E-state index >= 15 is 0 Å². The van der Waals surface area contributed by atoms with E-state index in [1.54, 1.807) is 12.1 Å². The molecule has 1 N–H and O–H groups in total. The Balaban J connectivity index is 1.63. The van der Waals surface area contributed by atoms with Crippen LogP contribution in [0.15, 0.2) is 48.7 Å². The van der Waals surface area contributed by atoms with E-state index in [1.807, 2.05) is 13.0 Å². The summed E-state index contributed by atoms with van der Waals surface area (Å²) in [5.41, 5.74) is 1.07. The highest BCUT2D eigenvalue weighted by Gasteiger charge is 2.35. The van der Waals surface area contributed by atoms with E-state index in [1.165, 1.54) is 53.2 Å². The van der Waals surface area contributed by atoms with Crippen LogP contribution >= 0.6 is 0 Å². The third-order valence-electron chi connectivity index (χ3n) is 5.39. The minimum Gasteiger partial charge on any atom is -0.495 e. The van der Waals surface area contributed by atoms with Gasteiger partial charge in [0.25, 0.3) is 18.2 Å². The number of hydrogen-bond acceptors (Lipinski definition) is 5. The third-order valence-corrected chi connectivity index (χ3v) is 5.39. The van der Waals surface area contributed by atoms with Gasteiger partial charge in [-0.3, -0.25) is 14.3 Å². The molecular weight excluding hydrogens is 432 g/mol. The number of ether oxygens (including phenoxy) is 1. The van der Waals surface area contributed by atoms with Crippen molar-refractivity contribution in [1.29, 1.82) is 5.26 Å². The molecule has 168 valence electrons. The number of nitrogens with one attached hydrogen (secondary N) is 1. The molecule has 33 heavy (non-hydrogen) atoms. The molecule has 0 aliphatic carbocycles. The number of methoxy groups -OCH3 is 1. The van der Waals surface area contributed by atoms with Gasteiger partial charge in [-0.25, -0.2) is 8.78 Å². The lowest BCUT2D eigenvalue weighted by Crippen LogP contribution is -2.43. The van der Waals surface area contributed by atoms with Gasteiger partial charge in [-0.2, -0.15) is 10.4 Å². The van der Waals surface area contributed by atoms with Gasteiger partial charge in [-0.05, 0) is 37.3 Å². The van der Waals surface area contributed by atoms with Crippen LogP contribution in [0.4, 0.5) is 20.2 Å². The molecule has 0 spiro atoms. The Kier molecular flexibility index (Phi) is 5.79. The monoisotopic (exact) mass is 451 g/mol. The van der Waals surface area contributed by atoms with Crippen molar-refractivity contribution in [2.45, 2.75) is 19.4 Å². The Bertz CT molecular complexity index is 1260. The van der Waals surface area contributed by atoms with Crippen molar-refractivity contribution in [1.82, 2.24) is 9.78 Å². The maximum Gasteiger partial charge on any atom is 0.277 e. The van der Waals surface area contributed by atoms with Crippen LogP contribution in [0, 0.1) is 11.3 Å². The highest BCUT2D eigenvalue weighted by molar-refractivity contribution is 6.15. The van der Waals surface area contributed by atoms with Crippen LogP contribution in [0.1, 0.15) is 51.4 Å². The summed E-state index contributed by atoms with van der Waals surface area (Å²) in [6, 6.07) is 11.8. The van der Waals surface area contributed by atoms with Crippen molar-refractivity contribution in [3.05, 3.63) is 71.0 Å². The number of fused-ring (bicyclic) bond motifs is 1. The quantitative estimate of drug-likeness (QED) is 0.628. The van der Waals surface area contributed by atoms with Crippen LogP contribution in [0.25, 0.3) is 0 Å². The molecule has 10 heteroatoms.